The van der Waals surface area contributed by atoms with Gasteiger partial charge in [0.05, 0.1) is 24.5 Å². The minimum Gasteiger partial charge on any atom is -0.497 e. The highest BCUT2D eigenvalue weighted by Gasteiger charge is 2.49. The lowest BCUT2D eigenvalue weighted by atomic mass is 10.1. The minimum absolute atomic E-state index is 0.0116. The van der Waals surface area contributed by atoms with Crippen molar-refractivity contribution in [3.05, 3.63) is 29.8 Å². The van der Waals surface area contributed by atoms with E-state index in [0.717, 1.165) is 11.3 Å². The molecule has 2 saturated heterocycles. The molecule has 2 fully saturated rings. The summed E-state index contributed by atoms with van der Waals surface area (Å²) in [6.45, 7) is 0.363. The fraction of sp³-hybridized carbons (Fsp3) is 0.500. The number of nitrogens with zero attached hydrogens (tertiary/aromatic N) is 1. The second kappa shape index (κ2) is 4.77. The van der Waals surface area contributed by atoms with Gasteiger partial charge in [-0.25, -0.2) is 8.42 Å². The number of fused-ring (bicyclic) bond motifs is 2. The van der Waals surface area contributed by atoms with Crippen molar-refractivity contribution in [2.75, 3.05) is 19.4 Å². The summed E-state index contributed by atoms with van der Waals surface area (Å²) in [7, 11) is -1.35. The highest BCUT2D eigenvalue weighted by Crippen LogP contribution is 2.33. The van der Waals surface area contributed by atoms with E-state index in [0.29, 0.717) is 19.4 Å². The summed E-state index contributed by atoms with van der Waals surface area (Å²) in [4.78, 5) is 14.0. The largest absolute Gasteiger partial charge is 0.497 e. The molecule has 20 heavy (non-hydrogen) atoms. The van der Waals surface area contributed by atoms with Crippen molar-refractivity contribution in [2.45, 2.75) is 24.1 Å². The van der Waals surface area contributed by atoms with E-state index in [4.69, 9.17) is 4.74 Å². The molecule has 1 amide bonds. The van der Waals surface area contributed by atoms with Crippen molar-refractivity contribution in [3.8, 4) is 5.75 Å². The van der Waals surface area contributed by atoms with Crippen LogP contribution in [0.25, 0.3) is 0 Å². The van der Waals surface area contributed by atoms with Gasteiger partial charge in [0, 0.05) is 12.6 Å². The molecule has 2 aliphatic heterocycles. The number of likely N-dealkylation sites (tertiary alicyclic amines) is 1. The van der Waals surface area contributed by atoms with E-state index in [1.807, 2.05) is 24.3 Å². The van der Waals surface area contributed by atoms with Gasteiger partial charge < -0.3 is 9.64 Å². The molecule has 2 bridgehead atoms. The van der Waals surface area contributed by atoms with Gasteiger partial charge in [0.15, 0.2) is 9.84 Å². The van der Waals surface area contributed by atoms with Crippen LogP contribution in [0.1, 0.15) is 12.0 Å². The second-order valence-corrected chi connectivity index (χ2v) is 7.74. The summed E-state index contributed by atoms with van der Waals surface area (Å²) in [6.07, 6.45) is 0.921. The Balaban J connectivity index is 1.66. The molecule has 1 aromatic carbocycles. The number of benzene rings is 1. The van der Waals surface area contributed by atoms with E-state index in [2.05, 4.69) is 0 Å². The van der Waals surface area contributed by atoms with Gasteiger partial charge in [-0.1, -0.05) is 12.1 Å². The van der Waals surface area contributed by atoms with Crippen molar-refractivity contribution >= 4 is 15.7 Å². The molecule has 0 aromatic heterocycles. The summed E-state index contributed by atoms with van der Waals surface area (Å²) >= 11 is 0. The zero-order valence-corrected chi connectivity index (χ0v) is 12.1. The Morgan fingerprint density at radius 3 is 2.55 bits per heavy atom. The molecular formula is C14H17NO4S. The van der Waals surface area contributed by atoms with Crippen LogP contribution < -0.4 is 4.74 Å². The predicted octanol–water partition coefficient (Wildman–Crippen LogP) is 0.636. The minimum atomic E-state index is -2.95. The van der Waals surface area contributed by atoms with Gasteiger partial charge in [-0.05, 0) is 24.1 Å². The van der Waals surface area contributed by atoms with Gasteiger partial charge in [0.2, 0.25) is 5.91 Å². The summed E-state index contributed by atoms with van der Waals surface area (Å²) in [5.74, 6) is 0.900. The van der Waals surface area contributed by atoms with E-state index >= 15 is 0 Å². The molecule has 2 heterocycles. The van der Waals surface area contributed by atoms with Crippen molar-refractivity contribution in [1.82, 2.24) is 4.90 Å². The number of hydrogen-bond acceptors (Lipinski definition) is 4. The topological polar surface area (TPSA) is 63.7 Å². The van der Waals surface area contributed by atoms with E-state index in [-0.39, 0.29) is 23.0 Å². The van der Waals surface area contributed by atoms with Crippen LogP contribution in [0.4, 0.5) is 0 Å². The lowest BCUT2D eigenvalue weighted by Crippen LogP contribution is -2.44. The van der Waals surface area contributed by atoms with Crippen LogP contribution in [-0.4, -0.2) is 49.9 Å². The number of methoxy groups -OCH3 is 1. The molecule has 6 heteroatoms. The SMILES string of the molecule is COc1ccc(CC(=O)N2CC3CC2CS3(=O)=O)cc1. The third-order valence-electron chi connectivity index (χ3n) is 4.14. The fourth-order valence-corrected chi connectivity index (χ4v) is 5.05. The summed E-state index contributed by atoms with van der Waals surface area (Å²) in [6, 6.07) is 7.26. The highest BCUT2D eigenvalue weighted by molar-refractivity contribution is 7.92. The molecule has 5 nitrogen and oxygen atoms in total. The third-order valence-corrected chi connectivity index (χ3v) is 6.35. The molecule has 3 rings (SSSR count). The number of hydrogen-bond donors (Lipinski definition) is 0. The van der Waals surface area contributed by atoms with E-state index in [1.165, 1.54) is 0 Å². The molecule has 2 unspecified atom stereocenters. The lowest BCUT2D eigenvalue weighted by molar-refractivity contribution is -0.131. The van der Waals surface area contributed by atoms with Gasteiger partial charge in [-0.15, -0.1) is 0 Å². The zero-order valence-electron chi connectivity index (χ0n) is 11.3. The van der Waals surface area contributed by atoms with Crippen LogP contribution in [0.5, 0.6) is 5.75 Å². The Hall–Kier alpha value is -1.56. The Kier molecular flexibility index (Phi) is 3.20. The fourth-order valence-electron chi connectivity index (χ4n) is 3.02. The number of carbonyl (C=O) groups is 1. The quantitative estimate of drug-likeness (QED) is 0.821. The number of rotatable bonds is 3. The second-order valence-electron chi connectivity index (χ2n) is 5.41. The smallest absolute Gasteiger partial charge is 0.227 e. The Morgan fingerprint density at radius 1 is 1.35 bits per heavy atom. The first-order chi connectivity index (χ1) is 9.49. The first-order valence-electron chi connectivity index (χ1n) is 6.63. The average Bonchev–Trinajstić information content (AvgIpc) is 2.95. The number of ether oxygens (including phenoxy) is 1. The van der Waals surface area contributed by atoms with Gasteiger partial charge in [0.25, 0.3) is 0 Å². The maximum absolute atomic E-state index is 12.3. The van der Waals surface area contributed by atoms with Crippen molar-refractivity contribution in [1.29, 1.82) is 0 Å². The van der Waals surface area contributed by atoms with Crippen molar-refractivity contribution in [2.24, 2.45) is 0 Å². The zero-order chi connectivity index (χ0) is 14.3. The first kappa shape index (κ1) is 13.4. The first-order valence-corrected chi connectivity index (χ1v) is 8.35. The van der Waals surface area contributed by atoms with Gasteiger partial charge in [-0.3, -0.25) is 4.79 Å². The number of sulfone groups is 1. The molecule has 0 N–H and O–H groups in total. The third kappa shape index (κ3) is 2.28. The van der Waals surface area contributed by atoms with Crippen molar-refractivity contribution < 1.29 is 17.9 Å². The lowest BCUT2D eigenvalue weighted by Gasteiger charge is -2.27. The predicted molar refractivity (Wildman–Crippen MR) is 74.4 cm³/mol. The number of carbonyl (C=O) groups excluding carboxylic acids is 1. The van der Waals surface area contributed by atoms with E-state index < -0.39 is 9.84 Å². The van der Waals surface area contributed by atoms with Gasteiger partial charge >= 0.3 is 0 Å². The van der Waals surface area contributed by atoms with Gasteiger partial charge in [-0.2, -0.15) is 0 Å². The van der Waals surface area contributed by atoms with E-state index in [9.17, 15) is 13.2 Å². The summed E-state index contributed by atoms with van der Waals surface area (Å²) in [5.41, 5.74) is 0.918. The van der Waals surface area contributed by atoms with Crippen LogP contribution in [0.2, 0.25) is 0 Å². The molecule has 108 valence electrons. The maximum Gasteiger partial charge on any atom is 0.227 e. The summed E-state index contributed by atoms with van der Waals surface area (Å²) in [5, 5.41) is -0.340. The molecule has 0 radical (unpaired) electrons. The van der Waals surface area contributed by atoms with Gasteiger partial charge in [0.1, 0.15) is 5.75 Å². The monoisotopic (exact) mass is 295 g/mol. The molecule has 0 aliphatic carbocycles. The number of amides is 1. The highest BCUT2D eigenvalue weighted by atomic mass is 32.2. The Morgan fingerprint density at radius 2 is 2.05 bits per heavy atom. The Bertz CT molecular complexity index is 623. The van der Waals surface area contributed by atoms with Crippen LogP contribution in [-0.2, 0) is 21.1 Å². The Labute approximate surface area is 118 Å². The standard InChI is InChI=1S/C14H17NO4S/c1-19-12-4-2-10(3-5-12)6-14(16)15-8-13-7-11(15)9-20(13,17)18/h2-5,11,13H,6-9H2,1H3. The molecular weight excluding hydrogens is 278 g/mol. The normalized spacial score (nSPS) is 26.8. The maximum atomic E-state index is 12.3. The van der Waals surface area contributed by atoms with Crippen LogP contribution >= 0.6 is 0 Å². The molecule has 2 aliphatic rings. The average molecular weight is 295 g/mol. The molecule has 0 spiro atoms. The molecule has 2 atom stereocenters. The van der Waals surface area contributed by atoms with Crippen molar-refractivity contribution in [3.63, 3.8) is 0 Å². The van der Waals surface area contributed by atoms with Crippen LogP contribution in [0, 0.1) is 0 Å². The van der Waals surface area contributed by atoms with Crippen LogP contribution in [0.15, 0.2) is 24.3 Å². The molecule has 0 saturated carbocycles. The van der Waals surface area contributed by atoms with E-state index in [1.54, 1.807) is 12.0 Å². The molecule has 1 aromatic rings. The summed E-state index contributed by atoms with van der Waals surface area (Å²) < 4.78 is 28.4. The van der Waals surface area contributed by atoms with Crippen LogP contribution in [0.3, 0.4) is 0 Å².